The van der Waals surface area contributed by atoms with Crippen molar-refractivity contribution in [2.45, 2.75) is 38.6 Å². The predicted molar refractivity (Wildman–Crippen MR) is 70.7 cm³/mol. The van der Waals surface area contributed by atoms with Crippen LogP contribution in [0, 0.1) is 5.92 Å². The molecule has 2 unspecified atom stereocenters. The molecule has 0 aromatic heterocycles. The van der Waals surface area contributed by atoms with Gasteiger partial charge in [0.05, 0.1) is 0 Å². The van der Waals surface area contributed by atoms with Crippen molar-refractivity contribution < 1.29 is 4.79 Å². The molecule has 0 spiro atoms. The molecular formula is C13H27N3O. The van der Waals surface area contributed by atoms with Crippen molar-refractivity contribution in [3.8, 4) is 0 Å². The van der Waals surface area contributed by atoms with Crippen LogP contribution in [-0.4, -0.2) is 55.5 Å². The molecule has 0 aliphatic carbocycles. The normalized spacial score (nSPS) is 25.9. The Morgan fingerprint density at radius 3 is 2.71 bits per heavy atom. The summed E-state index contributed by atoms with van der Waals surface area (Å²) in [5.41, 5.74) is 5.84. The van der Waals surface area contributed by atoms with E-state index in [1.807, 2.05) is 14.1 Å². The summed E-state index contributed by atoms with van der Waals surface area (Å²) in [6.07, 6.45) is 4.31. The first-order chi connectivity index (χ1) is 8.08. The van der Waals surface area contributed by atoms with Crippen LogP contribution in [0.5, 0.6) is 0 Å². The molecule has 1 aliphatic heterocycles. The minimum Gasteiger partial charge on any atom is -0.349 e. The van der Waals surface area contributed by atoms with Crippen LogP contribution in [0.4, 0.5) is 0 Å². The van der Waals surface area contributed by atoms with Gasteiger partial charge in [-0.05, 0) is 25.3 Å². The molecule has 1 aliphatic rings. The first-order valence-corrected chi connectivity index (χ1v) is 6.72. The lowest BCUT2D eigenvalue weighted by Gasteiger charge is -2.38. The maximum atomic E-state index is 11.6. The highest BCUT2D eigenvalue weighted by Gasteiger charge is 2.26. The fourth-order valence-electron chi connectivity index (χ4n) is 2.56. The van der Waals surface area contributed by atoms with E-state index in [0.29, 0.717) is 19.0 Å². The molecule has 1 fully saturated rings. The van der Waals surface area contributed by atoms with Gasteiger partial charge in [0, 0.05) is 39.6 Å². The quantitative estimate of drug-likeness (QED) is 0.778. The molecule has 1 rings (SSSR count). The first-order valence-electron chi connectivity index (χ1n) is 6.72. The Balaban J connectivity index is 2.39. The van der Waals surface area contributed by atoms with Crippen molar-refractivity contribution in [1.82, 2.24) is 9.80 Å². The van der Waals surface area contributed by atoms with Gasteiger partial charge in [-0.1, -0.05) is 13.3 Å². The van der Waals surface area contributed by atoms with E-state index in [1.54, 1.807) is 4.90 Å². The van der Waals surface area contributed by atoms with E-state index in [0.717, 1.165) is 19.0 Å². The van der Waals surface area contributed by atoms with Crippen molar-refractivity contribution in [3.05, 3.63) is 0 Å². The van der Waals surface area contributed by atoms with Gasteiger partial charge in [-0.2, -0.15) is 0 Å². The average Bonchev–Trinajstić information content (AvgIpc) is 2.35. The third-order valence-corrected chi connectivity index (χ3v) is 3.91. The lowest BCUT2D eigenvalue weighted by atomic mass is 9.89. The highest BCUT2D eigenvalue weighted by atomic mass is 16.2. The number of amides is 1. The molecular weight excluding hydrogens is 214 g/mol. The largest absolute Gasteiger partial charge is 0.349 e. The third kappa shape index (κ3) is 4.28. The average molecular weight is 241 g/mol. The summed E-state index contributed by atoms with van der Waals surface area (Å²) < 4.78 is 0. The second-order valence-electron chi connectivity index (χ2n) is 5.26. The van der Waals surface area contributed by atoms with Crippen molar-refractivity contribution >= 4 is 5.91 Å². The maximum absolute atomic E-state index is 11.6. The van der Waals surface area contributed by atoms with E-state index in [4.69, 9.17) is 5.73 Å². The molecule has 1 heterocycles. The summed E-state index contributed by atoms with van der Waals surface area (Å²) in [4.78, 5) is 15.6. The van der Waals surface area contributed by atoms with E-state index >= 15 is 0 Å². The number of likely N-dealkylation sites (tertiary alicyclic amines) is 1. The Labute approximate surface area is 105 Å². The molecule has 4 heteroatoms. The SMILES string of the molecule is CCC1CCN(CCC(=O)N(C)C)C(CN)C1. The van der Waals surface area contributed by atoms with E-state index in [-0.39, 0.29) is 5.91 Å². The number of carbonyl (C=O) groups is 1. The van der Waals surface area contributed by atoms with Gasteiger partial charge >= 0.3 is 0 Å². The van der Waals surface area contributed by atoms with E-state index in [9.17, 15) is 4.79 Å². The summed E-state index contributed by atoms with van der Waals surface area (Å²) in [6.45, 7) is 4.92. The minimum absolute atomic E-state index is 0.207. The molecule has 4 nitrogen and oxygen atoms in total. The van der Waals surface area contributed by atoms with Crippen LogP contribution in [-0.2, 0) is 4.79 Å². The Morgan fingerprint density at radius 1 is 1.47 bits per heavy atom. The van der Waals surface area contributed by atoms with Crippen LogP contribution in [0.3, 0.4) is 0 Å². The zero-order chi connectivity index (χ0) is 12.8. The summed E-state index contributed by atoms with van der Waals surface area (Å²) in [6, 6.07) is 0.476. The predicted octanol–water partition coefficient (Wildman–Crippen LogP) is 0.914. The standard InChI is InChI=1S/C13H27N3O/c1-4-11-5-7-16(12(9-11)10-14)8-6-13(17)15(2)3/h11-12H,4-10,14H2,1-3H3. The smallest absolute Gasteiger partial charge is 0.223 e. The van der Waals surface area contributed by atoms with Crippen LogP contribution in [0.2, 0.25) is 0 Å². The van der Waals surface area contributed by atoms with E-state index in [1.165, 1.54) is 19.3 Å². The summed E-state index contributed by atoms with van der Waals surface area (Å²) in [5.74, 6) is 1.03. The van der Waals surface area contributed by atoms with Gasteiger partial charge in [0.2, 0.25) is 5.91 Å². The van der Waals surface area contributed by atoms with Gasteiger partial charge in [0.15, 0.2) is 0 Å². The van der Waals surface area contributed by atoms with Gasteiger partial charge < -0.3 is 10.6 Å². The summed E-state index contributed by atoms with van der Waals surface area (Å²) in [7, 11) is 3.62. The second kappa shape index (κ2) is 6.97. The highest BCUT2D eigenvalue weighted by Crippen LogP contribution is 2.24. The highest BCUT2D eigenvalue weighted by molar-refractivity contribution is 5.75. The first kappa shape index (κ1) is 14.5. The minimum atomic E-state index is 0.207. The Morgan fingerprint density at radius 2 is 2.18 bits per heavy atom. The van der Waals surface area contributed by atoms with Gasteiger partial charge in [-0.3, -0.25) is 9.69 Å². The molecule has 0 aromatic rings. The molecule has 0 radical (unpaired) electrons. The van der Waals surface area contributed by atoms with E-state index < -0.39 is 0 Å². The number of hydrogen-bond donors (Lipinski definition) is 1. The Kier molecular flexibility index (Phi) is 5.92. The summed E-state index contributed by atoms with van der Waals surface area (Å²) >= 11 is 0. The van der Waals surface area contributed by atoms with Gasteiger partial charge in [-0.25, -0.2) is 0 Å². The number of carbonyl (C=O) groups excluding carboxylic acids is 1. The molecule has 17 heavy (non-hydrogen) atoms. The van der Waals surface area contributed by atoms with Crippen LogP contribution in [0.1, 0.15) is 32.6 Å². The molecule has 0 bridgehead atoms. The van der Waals surface area contributed by atoms with Crippen molar-refractivity contribution in [3.63, 3.8) is 0 Å². The van der Waals surface area contributed by atoms with Crippen LogP contribution in [0.15, 0.2) is 0 Å². The van der Waals surface area contributed by atoms with Gasteiger partial charge in [-0.15, -0.1) is 0 Å². The Hall–Kier alpha value is -0.610. The van der Waals surface area contributed by atoms with Crippen molar-refractivity contribution in [2.75, 3.05) is 33.7 Å². The van der Waals surface area contributed by atoms with Crippen LogP contribution in [0.25, 0.3) is 0 Å². The number of rotatable bonds is 5. The third-order valence-electron chi connectivity index (χ3n) is 3.91. The molecule has 100 valence electrons. The molecule has 0 aromatic carbocycles. The van der Waals surface area contributed by atoms with Gasteiger partial charge in [0.25, 0.3) is 0 Å². The number of piperidine rings is 1. The fraction of sp³-hybridized carbons (Fsp3) is 0.923. The fourth-order valence-corrected chi connectivity index (χ4v) is 2.56. The monoisotopic (exact) mass is 241 g/mol. The van der Waals surface area contributed by atoms with Crippen molar-refractivity contribution in [1.29, 1.82) is 0 Å². The molecule has 1 saturated heterocycles. The zero-order valence-electron chi connectivity index (χ0n) is 11.5. The topological polar surface area (TPSA) is 49.6 Å². The maximum Gasteiger partial charge on any atom is 0.223 e. The lowest BCUT2D eigenvalue weighted by molar-refractivity contribution is -0.129. The molecule has 2 N–H and O–H groups in total. The Bertz CT molecular complexity index is 243. The molecule has 0 saturated carbocycles. The van der Waals surface area contributed by atoms with Crippen LogP contribution < -0.4 is 5.73 Å². The number of nitrogens with two attached hydrogens (primary N) is 1. The van der Waals surface area contributed by atoms with Crippen LogP contribution >= 0.6 is 0 Å². The number of nitrogens with zero attached hydrogens (tertiary/aromatic N) is 2. The van der Waals surface area contributed by atoms with Crippen molar-refractivity contribution in [2.24, 2.45) is 11.7 Å². The second-order valence-corrected chi connectivity index (χ2v) is 5.26. The number of hydrogen-bond acceptors (Lipinski definition) is 3. The molecule has 2 atom stereocenters. The lowest BCUT2D eigenvalue weighted by Crippen LogP contribution is -2.47. The molecule has 1 amide bonds. The zero-order valence-corrected chi connectivity index (χ0v) is 11.5. The van der Waals surface area contributed by atoms with E-state index in [2.05, 4.69) is 11.8 Å². The summed E-state index contributed by atoms with van der Waals surface area (Å²) in [5, 5.41) is 0. The van der Waals surface area contributed by atoms with Gasteiger partial charge in [0.1, 0.15) is 0 Å².